The van der Waals surface area contributed by atoms with Gasteiger partial charge in [0.15, 0.2) is 6.61 Å². The second-order valence-corrected chi connectivity index (χ2v) is 6.90. The maximum Gasteiger partial charge on any atom is 0.260 e. The van der Waals surface area contributed by atoms with E-state index < -0.39 is 0 Å². The predicted octanol–water partition coefficient (Wildman–Crippen LogP) is 3.30. The van der Waals surface area contributed by atoms with Crippen LogP contribution in [0, 0.1) is 5.92 Å². The smallest absolute Gasteiger partial charge is 0.260 e. The number of carbonyl (C=O) groups is 1. The van der Waals surface area contributed by atoms with Crippen molar-refractivity contribution in [2.24, 2.45) is 5.92 Å². The van der Waals surface area contributed by atoms with Crippen LogP contribution >= 0.6 is 0 Å². The third-order valence-electron chi connectivity index (χ3n) is 5.39. The van der Waals surface area contributed by atoms with Gasteiger partial charge in [-0.1, -0.05) is 12.8 Å². The molecule has 132 valence electrons. The van der Waals surface area contributed by atoms with E-state index in [-0.39, 0.29) is 12.5 Å². The molecule has 6 nitrogen and oxygen atoms in total. The highest BCUT2D eigenvalue weighted by Gasteiger charge is 2.35. The lowest BCUT2D eigenvalue weighted by Gasteiger charge is -2.44. The molecule has 4 rings (SSSR count). The molecule has 2 fully saturated rings. The van der Waals surface area contributed by atoms with Crippen LogP contribution in [0.5, 0.6) is 5.75 Å². The molecule has 1 amide bonds. The standard InChI is InChI=1S/C19H23N3O3/c23-18(22-11-3-5-14-4-1-2-6-17(14)22)12-24-16-9-7-15(8-10-16)19-21-20-13-25-19/h7-10,13-14,17H,1-6,11-12H2/t14-,17-/m1/s1. The zero-order chi connectivity index (χ0) is 17.1. The Morgan fingerprint density at radius 3 is 2.76 bits per heavy atom. The van der Waals surface area contributed by atoms with Gasteiger partial charge in [0.1, 0.15) is 5.75 Å². The summed E-state index contributed by atoms with van der Waals surface area (Å²) >= 11 is 0. The zero-order valence-corrected chi connectivity index (χ0v) is 14.3. The molecule has 2 atom stereocenters. The third kappa shape index (κ3) is 3.52. The summed E-state index contributed by atoms with van der Waals surface area (Å²) in [5.41, 5.74) is 0.831. The molecule has 1 aliphatic heterocycles. The van der Waals surface area contributed by atoms with E-state index in [9.17, 15) is 4.79 Å². The minimum Gasteiger partial charge on any atom is -0.484 e. The van der Waals surface area contributed by atoms with E-state index in [2.05, 4.69) is 15.1 Å². The lowest BCUT2D eigenvalue weighted by Crippen LogP contribution is -2.51. The second-order valence-electron chi connectivity index (χ2n) is 6.90. The molecule has 2 heterocycles. The van der Waals surface area contributed by atoms with Gasteiger partial charge in [-0.3, -0.25) is 4.79 Å². The molecule has 1 saturated heterocycles. The maximum atomic E-state index is 12.6. The van der Waals surface area contributed by atoms with Gasteiger partial charge in [0.25, 0.3) is 5.91 Å². The molecule has 0 unspecified atom stereocenters. The monoisotopic (exact) mass is 341 g/mol. The summed E-state index contributed by atoms with van der Waals surface area (Å²) in [4.78, 5) is 14.7. The van der Waals surface area contributed by atoms with Gasteiger partial charge in [0.2, 0.25) is 12.3 Å². The lowest BCUT2D eigenvalue weighted by atomic mass is 9.78. The Labute approximate surface area is 147 Å². The molecule has 6 heteroatoms. The number of fused-ring (bicyclic) bond motifs is 1. The van der Waals surface area contributed by atoms with Crippen molar-refractivity contribution < 1.29 is 13.9 Å². The van der Waals surface area contributed by atoms with E-state index in [1.54, 1.807) is 0 Å². The number of piperidine rings is 1. The molecule has 0 bridgehead atoms. The number of likely N-dealkylation sites (tertiary alicyclic amines) is 1. The van der Waals surface area contributed by atoms with Crippen molar-refractivity contribution in [1.29, 1.82) is 0 Å². The average molecular weight is 341 g/mol. The molecule has 0 spiro atoms. The Morgan fingerprint density at radius 2 is 1.96 bits per heavy atom. The zero-order valence-electron chi connectivity index (χ0n) is 14.3. The molecule has 2 aliphatic rings. The first-order valence-corrected chi connectivity index (χ1v) is 9.10. The van der Waals surface area contributed by atoms with Crippen molar-refractivity contribution in [1.82, 2.24) is 15.1 Å². The molecule has 0 radical (unpaired) electrons. The number of amides is 1. The van der Waals surface area contributed by atoms with Crippen LogP contribution < -0.4 is 4.74 Å². The Kier molecular flexibility index (Phi) is 4.68. The van der Waals surface area contributed by atoms with Gasteiger partial charge in [-0.05, 0) is 55.9 Å². The van der Waals surface area contributed by atoms with Crippen molar-refractivity contribution in [3.63, 3.8) is 0 Å². The van der Waals surface area contributed by atoms with E-state index in [0.29, 0.717) is 23.6 Å². The van der Waals surface area contributed by atoms with E-state index in [1.165, 1.54) is 32.1 Å². The summed E-state index contributed by atoms with van der Waals surface area (Å²) in [5, 5.41) is 7.54. The Morgan fingerprint density at radius 1 is 1.16 bits per heavy atom. The predicted molar refractivity (Wildman–Crippen MR) is 91.9 cm³/mol. The van der Waals surface area contributed by atoms with Crippen LogP contribution in [0.4, 0.5) is 0 Å². The highest BCUT2D eigenvalue weighted by atomic mass is 16.5. The maximum absolute atomic E-state index is 12.6. The van der Waals surface area contributed by atoms with Gasteiger partial charge in [0, 0.05) is 18.2 Å². The summed E-state index contributed by atoms with van der Waals surface area (Å²) in [6.07, 6.45) is 8.66. The fraction of sp³-hybridized carbons (Fsp3) is 0.526. The van der Waals surface area contributed by atoms with Crippen LogP contribution in [0.3, 0.4) is 0 Å². The van der Waals surface area contributed by atoms with Crippen molar-refractivity contribution in [3.05, 3.63) is 30.7 Å². The van der Waals surface area contributed by atoms with E-state index >= 15 is 0 Å². The summed E-state index contributed by atoms with van der Waals surface area (Å²) < 4.78 is 10.9. The van der Waals surface area contributed by atoms with Crippen LogP contribution in [0.1, 0.15) is 38.5 Å². The van der Waals surface area contributed by atoms with Gasteiger partial charge in [0.05, 0.1) is 0 Å². The Balaban J connectivity index is 1.35. The van der Waals surface area contributed by atoms with E-state index in [0.717, 1.165) is 24.9 Å². The first-order valence-electron chi connectivity index (χ1n) is 9.10. The molecule has 1 aromatic heterocycles. The highest BCUT2D eigenvalue weighted by Crippen LogP contribution is 2.35. The average Bonchev–Trinajstić information content (AvgIpc) is 3.21. The quantitative estimate of drug-likeness (QED) is 0.853. The Bertz CT molecular complexity index is 697. The fourth-order valence-corrected chi connectivity index (χ4v) is 4.15. The SMILES string of the molecule is O=C(COc1ccc(-c2nnco2)cc1)N1CCC[C@H]2CCCC[C@H]21. The van der Waals surface area contributed by atoms with Crippen LogP contribution in [0.2, 0.25) is 0 Å². The molecule has 0 N–H and O–H groups in total. The number of rotatable bonds is 4. The number of hydrogen-bond donors (Lipinski definition) is 0. The summed E-state index contributed by atoms with van der Waals surface area (Å²) in [6, 6.07) is 7.79. The number of aromatic nitrogens is 2. The normalized spacial score (nSPS) is 23.1. The largest absolute Gasteiger partial charge is 0.484 e. The lowest BCUT2D eigenvalue weighted by molar-refractivity contribution is -0.139. The first-order chi connectivity index (χ1) is 12.3. The van der Waals surface area contributed by atoms with Crippen LogP contribution in [0.15, 0.2) is 35.1 Å². The van der Waals surface area contributed by atoms with Crippen LogP contribution in [0.25, 0.3) is 11.5 Å². The number of benzene rings is 1. The molecule has 1 saturated carbocycles. The van der Waals surface area contributed by atoms with E-state index in [4.69, 9.17) is 9.15 Å². The fourth-order valence-electron chi connectivity index (χ4n) is 4.15. The molecular formula is C19H23N3O3. The Hall–Kier alpha value is -2.37. The summed E-state index contributed by atoms with van der Waals surface area (Å²) in [6.45, 7) is 0.975. The van der Waals surface area contributed by atoms with Crippen molar-refractivity contribution in [2.45, 2.75) is 44.6 Å². The first kappa shape index (κ1) is 16.1. The van der Waals surface area contributed by atoms with Gasteiger partial charge in [-0.15, -0.1) is 10.2 Å². The van der Waals surface area contributed by atoms with Crippen LogP contribution in [-0.4, -0.2) is 40.2 Å². The number of ether oxygens (including phenoxy) is 1. The summed E-state index contributed by atoms with van der Waals surface area (Å²) in [7, 11) is 0. The van der Waals surface area contributed by atoms with Crippen molar-refractivity contribution >= 4 is 5.91 Å². The minimum atomic E-state index is 0.100. The van der Waals surface area contributed by atoms with Crippen LogP contribution in [-0.2, 0) is 4.79 Å². The number of carbonyl (C=O) groups excluding carboxylic acids is 1. The number of hydrogen-bond acceptors (Lipinski definition) is 5. The summed E-state index contributed by atoms with van der Waals surface area (Å²) in [5.74, 6) is 1.95. The van der Waals surface area contributed by atoms with Gasteiger partial charge >= 0.3 is 0 Å². The van der Waals surface area contributed by atoms with E-state index in [1.807, 2.05) is 24.3 Å². The third-order valence-corrected chi connectivity index (χ3v) is 5.39. The molecule has 2 aromatic rings. The minimum absolute atomic E-state index is 0.100. The molecule has 1 aromatic carbocycles. The molecule has 1 aliphatic carbocycles. The van der Waals surface area contributed by atoms with Gasteiger partial charge in [-0.2, -0.15) is 0 Å². The second kappa shape index (κ2) is 7.25. The van der Waals surface area contributed by atoms with Crippen molar-refractivity contribution in [3.8, 4) is 17.2 Å². The number of nitrogens with zero attached hydrogens (tertiary/aromatic N) is 3. The van der Waals surface area contributed by atoms with Crippen molar-refractivity contribution in [2.75, 3.05) is 13.2 Å². The topological polar surface area (TPSA) is 68.5 Å². The molecular weight excluding hydrogens is 318 g/mol. The highest BCUT2D eigenvalue weighted by molar-refractivity contribution is 5.78. The van der Waals surface area contributed by atoms with Gasteiger partial charge in [-0.25, -0.2) is 0 Å². The molecule has 25 heavy (non-hydrogen) atoms. The van der Waals surface area contributed by atoms with Gasteiger partial charge < -0.3 is 14.1 Å².